The monoisotopic (exact) mass is 442 g/mol. The fourth-order valence-electron chi connectivity index (χ4n) is 4.74. The average Bonchev–Trinajstić information content (AvgIpc) is 3.53. The molecule has 0 unspecified atom stereocenters. The number of rotatable bonds is 1. The molecule has 166 valence electrons. The van der Waals surface area contributed by atoms with E-state index < -0.39 is 0 Å². The fourth-order valence-corrected chi connectivity index (χ4v) is 4.74. The van der Waals surface area contributed by atoms with E-state index in [1.54, 1.807) is 0 Å². The molecule has 6 rings (SSSR count). The van der Waals surface area contributed by atoms with Crippen LogP contribution in [0, 0.1) is 13.8 Å². The van der Waals surface area contributed by atoms with Crippen molar-refractivity contribution in [3.05, 3.63) is 94.6 Å². The van der Waals surface area contributed by atoms with Crippen molar-refractivity contribution in [1.82, 2.24) is 19.9 Å². The van der Waals surface area contributed by atoms with Crippen LogP contribution in [-0.4, -0.2) is 19.9 Å². The number of hydrogen-bond acceptors (Lipinski definition) is 2. The lowest BCUT2D eigenvalue weighted by molar-refractivity contribution is 1.26. The van der Waals surface area contributed by atoms with Gasteiger partial charge in [0, 0.05) is 27.6 Å². The quantitative estimate of drug-likeness (QED) is 0.317. The number of H-pyrrole nitrogens is 2. The number of aromatic nitrogens is 4. The van der Waals surface area contributed by atoms with E-state index in [9.17, 15) is 0 Å². The van der Waals surface area contributed by atoms with Crippen molar-refractivity contribution in [3.63, 3.8) is 0 Å². The standard InChI is InChI=1S/C30H26N4/c1-17-10-22-14-23-11-18(2)25(32-23)16-27-20(4)13-29(34-27)30(21-8-6-5-7-9-21)28-12-19(3)26(33-28)15-24(17)31-22/h5-16,31-32H,1-4H3. The Morgan fingerprint density at radius 1 is 0.588 bits per heavy atom. The molecule has 0 spiro atoms. The Balaban J connectivity index is 1.79. The summed E-state index contributed by atoms with van der Waals surface area (Å²) >= 11 is 0. The number of hydrogen-bond donors (Lipinski definition) is 2. The maximum atomic E-state index is 5.08. The Bertz CT molecular complexity index is 1570. The lowest BCUT2D eigenvalue weighted by Gasteiger charge is -2.04. The minimum Gasteiger partial charge on any atom is -0.355 e. The van der Waals surface area contributed by atoms with E-state index in [0.29, 0.717) is 0 Å². The third-order valence-corrected chi connectivity index (χ3v) is 6.60. The van der Waals surface area contributed by atoms with Crippen LogP contribution in [0.3, 0.4) is 0 Å². The molecule has 2 N–H and O–H groups in total. The molecule has 4 nitrogen and oxygen atoms in total. The molecule has 0 atom stereocenters. The Morgan fingerprint density at radius 3 is 1.59 bits per heavy atom. The van der Waals surface area contributed by atoms with Gasteiger partial charge in [-0.2, -0.15) is 0 Å². The van der Waals surface area contributed by atoms with Crippen molar-refractivity contribution in [3.8, 4) is 11.1 Å². The van der Waals surface area contributed by atoms with Crippen LogP contribution in [0.15, 0.2) is 60.7 Å². The smallest absolute Gasteiger partial charge is 0.0740 e. The summed E-state index contributed by atoms with van der Waals surface area (Å²) in [6, 6.07) is 21.2. The maximum absolute atomic E-state index is 5.08. The zero-order valence-corrected chi connectivity index (χ0v) is 19.8. The molecule has 2 aliphatic rings. The van der Waals surface area contributed by atoms with Gasteiger partial charge in [0.15, 0.2) is 0 Å². The van der Waals surface area contributed by atoms with Crippen LogP contribution in [0.1, 0.15) is 47.8 Å². The van der Waals surface area contributed by atoms with Gasteiger partial charge in [-0.05, 0) is 98.0 Å². The van der Waals surface area contributed by atoms with Gasteiger partial charge in [-0.25, -0.2) is 9.97 Å². The Morgan fingerprint density at radius 2 is 1.09 bits per heavy atom. The first-order chi connectivity index (χ1) is 16.4. The number of nitrogens with zero attached hydrogens (tertiary/aromatic N) is 2. The van der Waals surface area contributed by atoms with Crippen LogP contribution < -0.4 is 0 Å². The van der Waals surface area contributed by atoms with Crippen LogP contribution in [0.25, 0.3) is 56.5 Å². The minimum absolute atomic E-state index is 0.945. The second-order valence-corrected chi connectivity index (χ2v) is 9.24. The highest BCUT2D eigenvalue weighted by Gasteiger charge is 2.17. The summed E-state index contributed by atoms with van der Waals surface area (Å²) in [7, 11) is 0. The lowest BCUT2D eigenvalue weighted by Crippen LogP contribution is -1.88. The molecule has 4 heteroatoms. The normalized spacial score (nSPS) is 13.1. The molecule has 2 aliphatic heterocycles. The van der Waals surface area contributed by atoms with Crippen molar-refractivity contribution >= 4 is 45.4 Å². The largest absolute Gasteiger partial charge is 0.355 e. The second kappa shape index (κ2) is 7.70. The van der Waals surface area contributed by atoms with Gasteiger partial charge in [0.25, 0.3) is 0 Å². The van der Waals surface area contributed by atoms with Crippen molar-refractivity contribution in [1.29, 1.82) is 0 Å². The van der Waals surface area contributed by atoms with Gasteiger partial charge in [0.2, 0.25) is 0 Å². The molecule has 0 saturated heterocycles. The molecule has 34 heavy (non-hydrogen) atoms. The van der Waals surface area contributed by atoms with E-state index >= 15 is 0 Å². The number of benzene rings is 1. The highest BCUT2D eigenvalue weighted by Crippen LogP contribution is 2.35. The van der Waals surface area contributed by atoms with Gasteiger partial charge in [-0.1, -0.05) is 30.3 Å². The number of aryl methyl sites for hydroxylation is 2. The fraction of sp³-hybridized carbons (Fsp3) is 0.133. The lowest BCUT2D eigenvalue weighted by atomic mass is 10.0. The number of fused-ring (bicyclic) bond motifs is 8. The van der Waals surface area contributed by atoms with Gasteiger partial charge in [0.1, 0.15) is 0 Å². The summed E-state index contributed by atoms with van der Waals surface area (Å²) in [6.07, 6.45) is 4.35. The zero-order chi connectivity index (χ0) is 23.4. The first-order valence-corrected chi connectivity index (χ1v) is 11.6. The van der Waals surface area contributed by atoms with E-state index in [4.69, 9.17) is 9.97 Å². The zero-order valence-electron chi connectivity index (χ0n) is 19.8. The Hall–Kier alpha value is -4.18. The average molecular weight is 443 g/mol. The van der Waals surface area contributed by atoms with Crippen molar-refractivity contribution in [2.75, 3.05) is 0 Å². The van der Waals surface area contributed by atoms with Crippen LogP contribution >= 0.6 is 0 Å². The van der Waals surface area contributed by atoms with Crippen molar-refractivity contribution in [2.24, 2.45) is 0 Å². The van der Waals surface area contributed by atoms with E-state index in [2.05, 4.69) is 104 Å². The maximum Gasteiger partial charge on any atom is 0.0740 e. The van der Waals surface area contributed by atoms with Crippen LogP contribution in [-0.2, 0) is 0 Å². The summed E-state index contributed by atoms with van der Waals surface area (Å²) in [5.41, 5.74) is 15.0. The van der Waals surface area contributed by atoms with E-state index in [1.165, 1.54) is 11.1 Å². The van der Waals surface area contributed by atoms with E-state index in [-0.39, 0.29) is 0 Å². The molecule has 0 saturated carbocycles. The summed E-state index contributed by atoms with van der Waals surface area (Å²) in [5.74, 6) is 0. The highest BCUT2D eigenvalue weighted by atomic mass is 14.8. The summed E-state index contributed by atoms with van der Waals surface area (Å²) in [6.45, 7) is 8.50. The third-order valence-electron chi connectivity index (χ3n) is 6.60. The molecule has 5 heterocycles. The number of allylic oxidation sites excluding steroid dienone is 2. The predicted octanol–water partition coefficient (Wildman–Crippen LogP) is 7.72. The van der Waals surface area contributed by atoms with Gasteiger partial charge >= 0.3 is 0 Å². The van der Waals surface area contributed by atoms with Crippen molar-refractivity contribution in [2.45, 2.75) is 27.7 Å². The van der Waals surface area contributed by atoms with E-state index in [1.807, 2.05) is 6.07 Å². The summed E-state index contributed by atoms with van der Waals surface area (Å²) < 4.78 is 0. The topological polar surface area (TPSA) is 57.4 Å². The van der Waals surface area contributed by atoms with Gasteiger partial charge in [0.05, 0.1) is 22.8 Å². The minimum atomic E-state index is 0.945. The van der Waals surface area contributed by atoms with Gasteiger partial charge < -0.3 is 9.97 Å². The van der Waals surface area contributed by atoms with E-state index in [0.717, 1.165) is 67.1 Å². The van der Waals surface area contributed by atoms with Crippen molar-refractivity contribution < 1.29 is 0 Å². The Labute approximate surface area is 198 Å². The first-order valence-electron chi connectivity index (χ1n) is 11.6. The summed E-state index contributed by atoms with van der Waals surface area (Å²) in [4.78, 5) is 17.3. The first kappa shape index (κ1) is 20.4. The SMILES string of the molecule is CC1=Cc2nc1cc1[nH]c(cc1C)cc1cc(C)c(cc3nc(c2-c2ccccc2)C=C3C)[nH]1. The number of nitrogens with one attached hydrogen (secondary N) is 2. The number of aromatic amines is 2. The van der Waals surface area contributed by atoms with Gasteiger partial charge in [-0.15, -0.1) is 0 Å². The van der Waals surface area contributed by atoms with Crippen LogP contribution in [0.4, 0.5) is 0 Å². The predicted molar refractivity (Wildman–Crippen MR) is 143 cm³/mol. The Kier molecular flexibility index (Phi) is 4.63. The molecule has 3 aromatic heterocycles. The third kappa shape index (κ3) is 3.48. The molecule has 1 aromatic carbocycles. The van der Waals surface area contributed by atoms with Crippen LogP contribution in [0.2, 0.25) is 0 Å². The molecule has 0 amide bonds. The molecule has 0 aliphatic carbocycles. The molecular weight excluding hydrogens is 416 g/mol. The summed E-state index contributed by atoms with van der Waals surface area (Å²) in [5, 5.41) is 0. The molecular formula is C30H26N4. The second-order valence-electron chi connectivity index (χ2n) is 9.24. The highest BCUT2D eigenvalue weighted by molar-refractivity contribution is 5.94. The molecule has 8 bridgehead atoms. The molecule has 4 aromatic rings. The molecule has 0 radical (unpaired) electrons. The van der Waals surface area contributed by atoms with Crippen LogP contribution in [0.5, 0.6) is 0 Å². The molecule has 0 fully saturated rings. The van der Waals surface area contributed by atoms with Gasteiger partial charge in [-0.3, -0.25) is 0 Å².